The second-order valence-electron chi connectivity index (χ2n) is 9.20. The van der Waals surface area contributed by atoms with Crippen LogP contribution in [0.5, 0.6) is 0 Å². The first-order chi connectivity index (χ1) is 16.3. The highest BCUT2D eigenvalue weighted by atomic mass is 16.2. The summed E-state index contributed by atoms with van der Waals surface area (Å²) in [4.78, 5) is 28.2. The van der Waals surface area contributed by atoms with E-state index in [0.717, 1.165) is 48.3 Å². The molecular weight excluding hydrogens is 430 g/mol. The number of H-pyrrole nitrogens is 1. The summed E-state index contributed by atoms with van der Waals surface area (Å²) in [5.41, 5.74) is 4.16. The lowest BCUT2D eigenvalue weighted by atomic mass is 9.83. The first-order valence-corrected chi connectivity index (χ1v) is 11.8. The second-order valence-corrected chi connectivity index (χ2v) is 9.20. The second kappa shape index (κ2) is 10.1. The summed E-state index contributed by atoms with van der Waals surface area (Å²) >= 11 is 0. The van der Waals surface area contributed by atoms with Crippen molar-refractivity contribution < 1.29 is 9.59 Å². The third-order valence-electron chi connectivity index (χ3n) is 6.54. The van der Waals surface area contributed by atoms with Crippen molar-refractivity contribution in [3.8, 4) is 11.1 Å². The Bertz CT molecular complexity index is 1140. The number of carbonyl (C=O) groups excluding carboxylic acids is 2. The van der Waals surface area contributed by atoms with Gasteiger partial charge in [0.05, 0.1) is 0 Å². The van der Waals surface area contributed by atoms with Gasteiger partial charge in [-0.05, 0) is 49.4 Å². The van der Waals surface area contributed by atoms with Crippen LogP contribution in [0.4, 0.5) is 11.5 Å². The van der Waals surface area contributed by atoms with Gasteiger partial charge in [-0.25, -0.2) is 0 Å². The maximum Gasteiger partial charge on any atom is 0.270 e. The summed E-state index contributed by atoms with van der Waals surface area (Å²) < 4.78 is 1.52. The van der Waals surface area contributed by atoms with E-state index in [0.29, 0.717) is 11.4 Å². The minimum atomic E-state index is -0.598. The lowest BCUT2D eigenvalue weighted by Crippen LogP contribution is -2.49. The molecule has 1 aliphatic carbocycles. The molecular formula is C25H33N7O2. The number of anilines is 2. The smallest absolute Gasteiger partial charge is 0.270 e. The molecule has 9 heteroatoms. The van der Waals surface area contributed by atoms with Crippen molar-refractivity contribution in [2.24, 2.45) is 13.0 Å². The van der Waals surface area contributed by atoms with Crippen LogP contribution in [0.2, 0.25) is 0 Å². The Morgan fingerprint density at radius 2 is 1.82 bits per heavy atom. The number of nitrogens with one attached hydrogen (secondary N) is 3. The van der Waals surface area contributed by atoms with Crippen molar-refractivity contribution in [2.45, 2.75) is 45.1 Å². The number of nitrogens with zero attached hydrogens (tertiary/aromatic N) is 4. The van der Waals surface area contributed by atoms with Crippen LogP contribution in [0.3, 0.4) is 0 Å². The van der Waals surface area contributed by atoms with E-state index >= 15 is 0 Å². The van der Waals surface area contributed by atoms with Crippen LogP contribution >= 0.6 is 0 Å². The average Bonchev–Trinajstić information content (AvgIpc) is 3.44. The highest BCUT2D eigenvalue weighted by Crippen LogP contribution is 2.32. The van der Waals surface area contributed by atoms with E-state index in [-0.39, 0.29) is 17.7 Å². The molecule has 1 aliphatic rings. The molecule has 2 aromatic heterocycles. The zero-order chi connectivity index (χ0) is 24.2. The molecule has 2 heterocycles. The summed E-state index contributed by atoms with van der Waals surface area (Å²) in [6.07, 6.45) is 6.75. The highest BCUT2D eigenvalue weighted by Gasteiger charge is 2.32. The Morgan fingerprint density at radius 1 is 1.12 bits per heavy atom. The molecule has 4 rings (SSSR count). The minimum absolute atomic E-state index is 0.112. The van der Waals surface area contributed by atoms with Crippen LogP contribution in [0.25, 0.3) is 11.1 Å². The van der Waals surface area contributed by atoms with Crippen molar-refractivity contribution >= 4 is 23.3 Å². The molecule has 1 atom stereocenters. The largest absolute Gasteiger partial charge is 0.361 e. The Balaban J connectivity index is 1.51. The van der Waals surface area contributed by atoms with Crippen LogP contribution in [-0.4, -0.2) is 51.9 Å². The zero-order valence-corrected chi connectivity index (χ0v) is 20.3. The van der Waals surface area contributed by atoms with E-state index in [1.54, 1.807) is 19.3 Å². The zero-order valence-electron chi connectivity index (χ0n) is 20.3. The van der Waals surface area contributed by atoms with Gasteiger partial charge in [-0.1, -0.05) is 31.4 Å². The van der Waals surface area contributed by atoms with Crippen molar-refractivity contribution in [2.75, 3.05) is 24.3 Å². The number of aromatic amines is 1. The molecule has 0 bridgehead atoms. The van der Waals surface area contributed by atoms with Crippen molar-refractivity contribution in [1.82, 2.24) is 25.3 Å². The molecule has 9 nitrogen and oxygen atoms in total. The van der Waals surface area contributed by atoms with E-state index in [1.807, 2.05) is 50.2 Å². The van der Waals surface area contributed by atoms with Crippen LogP contribution in [0.1, 0.15) is 48.3 Å². The molecule has 1 aromatic carbocycles. The maximum atomic E-state index is 13.3. The number of hydrogen-bond donors (Lipinski definition) is 3. The molecule has 1 saturated carbocycles. The van der Waals surface area contributed by atoms with Crippen LogP contribution < -0.4 is 15.5 Å². The summed E-state index contributed by atoms with van der Waals surface area (Å²) in [6.45, 7) is 1.99. The molecule has 34 heavy (non-hydrogen) atoms. The number of aryl methyl sites for hydroxylation is 2. The summed E-state index contributed by atoms with van der Waals surface area (Å²) in [5, 5.41) is 17.5. The van der Waals surface area contributed by atoms with Crippen molar-refractivity contribution in [3.63, 3.8) is 0 Å². The number of aromatic nitrogens is 4. The third kappa shape index (κ3) is 4.98. The molecule has 0 unspecified atom stereocenters. The average molecular weight is 464 g/mol. The Hall–Kier alpha value is -3.62. The lowest BCUT2D eigenvalue weighted by Gasteiger charge is -2.30. The van der Waals surface area contributed by atoms with E-state index in [4.69, 9.17) is 0 Å². The van der Waals surface area contributed by atoms with Gasteiger partial charge >= 0.3 is 0 Å². The van der Waals surface area contributed by atoms with Gasteiger partial charge in [0.1, 0.15) is 11.7 Å². The molecule has 0 radical (unpaired) electrons. The van der Waals surface area contributed by atoms with Gasteiger partial charge in [-0.2, -0.15) is 10.2 Å². The molecule has 1 fully saturated rings. The monoisotopic (exact) mass is 463 g/mol. The fraction of sp³-hybridized carbons (Fsp3) is 0.440. The summed E-state index contributed by atoms with van der Waals surface area (Å²) in [6, 6.07) is 8.79. The number of amides is 2. The van der Waals surface area contributed by atoms with Gasteiger partial charge < -0.3 is 15.5 Å². The molecule has 0 spiro atoms. The Morgan fingerprint density at radius 3 is 2.44 bits per heavy atom. The van der Waals surface area contributed by atoms with E-state index < -0.39 is 6.04 Å². The summed E-state index contributed by atoms with van der Waals surface area (Å²) in [7, 11) is 5.63. The first-order valence-electron chi connectivity index (χ1n) is 11.8. The lowest BCUT2D eigenvalue weighted by molar-refractivity contribution is -0.119. The maximum absolute atomic E-state index is 13.3. The van der Waals surface area contributed by atoms with Crippen LogP contribution in [0.15, 0.2) is 36.5 Å². The predicted molar refractivity (Wildman–Crippen MR) is 133 cm³/mol. The molecule has 3 N–H and O–H groups in total. The van der Waals surface area contributed by atoms with E-state index in [2.05, 4.69) is 25.9 Å². The Kier molecular flexibility index (Phi) is 7.00. The van der Waals surface area contributed by atoms with Crippen molar-refractivity contribution in [1.29, 1.82) is 0 Å². The van der Waals surface area contributed by atoms with Gasteiger partial charge in [-0.15, -0.1) is 0 Å². The predicted octanol–water partition coefficient (Wildman–Crippen LogP) is 3.50. The van der Waals surface area contributed by atoms with Gasteiger partial charge in [0.15, 0.2) is 5.82 Å². The standard InChI is InChI=1S/C25H33N7O2/c1-16-21(23(30-29-16)31(2)3)17-10-12-19(13-11-17)27-25(34)22(18-8-6-5-7-9-18)28-24(33)20-14-15-26-32(20)4/h10-15,18,22H,5-9H2,1-4H3,(H,27,34)(H,28,33)(H,29,30)/t22-/m0/s1. The van der Waals surface area contributed by atoms with Crippen LogP contribution in [0, 0.1) is 12.8 Å². The number of benzene rings is 1. The van der Waals surface area contributed by atoms with Crippen molar-refractivity contribution in [3.05, 3.63) is 47.9 Å². The number of carbonyl (C=O) groups is 2. The normalized spacial score (nSPS) is 15.1. The minimum Gasteiger partial charge on any atom is -0.361 e. The molecule has 2 amide bonds. The van der Waals surface area contributed by atoms with Crippen LogP contribution in [-0.2, 0) is 11.8 Å². The summed E-state index contributed by atoms with van der Waals surface area (Å²) in [5.74, 6) is 0.502. The van der Waals surface area contributed by atoms with Gasteiger partial charge in [0.25, 0.3) is 5.91 Å². The van der Waals surface area contributed by atoms with Gasteiger partial charge in [-0.3, -0.25) is 19.4 Å². The molecule has 3 aromatic rings. The molecule has 180 valence electrons. The van der Waals surface area contributed by atoms with Gasteiger partial charge in [0, 0.05) is 44.3 Å². The van der Waals surface area contributed by atoms with Gasteiger partial charge in [0.2, 0.25) is 5.91 Å². The fourth-order valence-electron chi connectivity index (χ4n) is 4.70. The molecule has 0 aliphatic heterocycles. The molecule has 0 saturated heterocycles. The number of rotatable bonds is 7. The van der Waals surface area contributed by atoms with E-state index in [9.17, 15) is 9.59 Å². The number of hydrogen-bond acceptors (Lipinski definition) is 5. The van der Waals surface area contributed by atoms with E-state index in [1.165, 1.54) is 11.1 Å². The topological polar surface area (TPSA) is 108 Å². The first kappa shape index (κ1) is 23.5. The highest BCUT2D eigenvalue weighted by molar-refractivity contribution is 6.00. The third-order valence-corrected chi connectivity index (χ3v) is 6.54. The SMILES string of the molecule is Cc1[nH]nc(N(C)C)c1-c1ccc(NC(=O)[C@@H](NC(=O)c2ccnn2C)C2CCCCC2)cc1. The fourth-order valence-corrected chi connectivity index (χ4v) is 4.70. The Labute approximate surface area is 199 Å². The quantitative estimate of drug-likeness (QED) is 0.497.